The molecule has 2 unspecified atom stereocenters. The van der Waals surface area contributed by atoms with Crippen molar-refractivity contribution in [3.05, 3.63) is 0 Å². The topological polar surface area (TPSA) is 66.5 Å². The second kappa shape index (κ2) is 5.14. The first-order chi connectivity index (χ1) is 7.34. The molecule has 1 aliphatic heterocycles. The third-order valence-corrected chi connectivity index (χ3v) is 4.64. The second-order valence-corrected chi connectivity index (χ2v) is 6.79. The standard InChI is InChI=1S/C10H20N2O3S/c1-8(16(3,14)15)10(13)12(2)9-5-4-6-11-7-9/h8-9,11H,4-7H2,1-3H3. The fourth-order valence-corrected chi connectivity index (χ4v) is 2.35. The first-order valence-electron chi connectivity index (χ1n) is 5.50. The summed E-state index contributed by atoms with van der Waals surface area (Å²) in [7, 11) is -1.62. The molecular formula is C10H20N2O3S. The maximum atomic E-state index is 11.9. The van der Waals surface area contributed by atoms with Crippen LogP contribution in [0.3, 0.4) is 0 Å². The molecule has 6 heteroatoms. The first kappa shape index (κ1) is 13.4. The summed E-state index contributed by atoms with van der Waals surface area (Å²) in [6.07, 6.45) is 3.06. The van der Waals surface area contributed by atoms with Gasteiger partial charge in [-0.15, -0.1) is 0 Å². The van der Waals surface area contributed by atoms with Gasteiger partial charge in [-0.2, -0.15) is 0 Å². The summed E-state index contributed by atoms with van der Waals surface area (Å²) >= 11 is 0. The van der Waals surface area contributed by atoms with Crippen LogP contribution in [-0.4, -0.2) is 56.9 Å². The zero-order chi connectivity index (χ0) is 12.3. The predicted molar refractivity (Wildman–Crippen MR) is 63.0 cm³/mol. The molecule has 1 N–H and O–H groups in total. The molecule has 0 aromatic rings. The van der Waals surface area contributed by atoms with Gasteiger partial charge in [0.15, 0.2) is 9.84 Å². The summed E-state index contributed by atoms with van der Waals surface area (Å²) in [6, 6.07) is 0.116. The van der Waals surface area contributed by atoms with E-state index in [0.29, 0.717) is 0 Å². The van der Waals surface area contributed by atoms with Gasteiger partial charge in [-0.05, 0) is 26.3 Å². The van der Waals surface area contributed by atoms with Gasteiger partial charge in [0, 0.05) is 25.9 Å². The highest BCUT2D eigenvalue weighted by molar-refractivity contribution is 7.92. The number of nitrogens with zero attached hydrogens (tertiary/aromatic N) is 1. The first-order valence-corrected chi connectivity index (χ1v) is 7.45. The lowest BCUT2D eigenvalue weighted by Crippen LogP contribution is -2.50. The van der Waals surface area contributed by atoms with E-state index < -0.39 is 15.1 Å². The molecule has 16 heavy (non-hydrogen) atoms. The minimum absolute atomic E-state index is 0.116. The summed E-state index contributed by atoms with van der Waals surface area (Å²) in [5.74, 6) is -0.309. The largest absolute Gasteiger partial charge is 0.340 e. The number of carbonyl (C=O) groups is 1. The summed E-state index contributed by atoms with van der Waals surface area (Å²) in [6.45, 7) is 3.17. The number of hydrogen-bond donors (Lipinski definition) is 1. The number of likely N-dealkylation sites (N-methyl/N-ethyl adjacent to an activating group) is 1. The normalized spacial score (nSPS) is 23.8. The zero-order valence-electron chi connectivity index (χ0n) is 10.1. The van der Waals surface area contributed by atoms with E-state index in [0.717, 1.165) is 32.2 Å². The molecule has 2 atom stereocenters. The Bertz CT molecular complexity index is 347. The highest BCUT2D eigenvalue weighted by Crippen LogP contribution is 2.12. The van der Waals surface area contributed by atoms with Gasteiger partial charge in [0.2, 0.25) is 5.91 Å². The van der Waals surface area contributed by atoms with Crippen molar-refractivity contribution in [2.45, 2.75) is 31.1 Å². The van der Waals surface area contributed by atoms with Crippen molar-refractivity contribution in [1.29, 1.82) is 0 Å². The number of sulfone groups is 1. The van der Waals surface area contributed by atoms with Crippen LogP contribution in [-0.2, 0) is 14.6 Å². The summed E-state index contributed by atoms with van der Waals surface area (Å²) in [5, 5.41) is 2.26. The third kappa shape index (κ3) is 3.18. The molecule has 5 nitrogen and oxygen atoms in total. The maximum Gasteiger partial charge on any atom is 0.240 e. The molecule has 0 bridgehead atoms. The van der Waals surface area contributed by atoms with Crippen molar-refractivity contribution < 1.29 is 13.2 Å². The van der Waals surface area contributed by atoms with Crippen molar-refractivity contribution >= 4 is 15.7 Å². The van der Waals surface area contributed by atoms with Gasteiger partial charge in [-0.3, -0.25) is 4.79 Å². The van der Waals surface area contributed by atoms with Gasteiger partial charge < -0.3 is 10.2 Å². The van der Waals surface area contributed by atoms with E-state index in [-0.39, 0.29) is 11.9 Å². The van der Waals surface area contributed by atoms with Crippen molar-refractivity contribution in [3.8, 4) is 0 Å². The van der Waals surface area contributed by atoms with Crippen LogP contribution in [0, 0.1) is 0 Å². The lowest BCUT2D eigenvalue weighted by Gasteiger charge is -2.33. The van der Waals surface area contributed by atoms with Gasteiger partial charge >= 0.3 is 0 Å². The van der Waals surface area contributed by atoms with Crippen molar-refractivity contribution in [2.75, 3.05) is 26.4 Å². The average Bonchev–Trinajstić information content (AvgIpc) is 2.26. The molecule has 94 valence electrons. The molecule has 0 saturated carbocycles. The van der Waals surface area contributed by atoms with E-state index >= 15 is 0 Å². The van der Waals surface area contributed by atoms with E-state index in [1.165, 1.54) is 6.92 Å². The minimum atomic E-state index is -3.30. The molecule has 1 saturated heterocycles. The highest BCUT2D eigenvalue weighted by Gasteiger charge is 2.30. The lowest BCUT2D eigenvalue weighted by atomic mass is 10.1. The molecule has 1 amide bonds. The van der Waals surface area contributed by atoms with Crippen LogP contribution < -0.4 is 5.32 Å². The Morgan fingerprint density at radius 2 is 2.12 bits per heavy atom. The smallest absolute Gasteiger partial charge is 0.240 e. The number of nitrogens with one attached hydrogen (secondary N) is 1. The van der Waals surface area contributed by atoms with Gasteiger partial charge in [-0.25, -0.2) is 8.42 Å². The number of hydrogen-bond acceptors (Lipinski definition) is 4. The van der Waals surface area contributed by atoms with Gasteiger partial charge in [0.1, 0.15) is 5.25 Å². The number of piperidine rings is 1. The quantitative estimate of drug-likeness (QED) is 0.740. The SMILES string of the molecule is CC(C(=O)N(C)C1CCCNC1)S(C)(=O)=O. The number of carbonyl (C=O) groups excluding carboxylic acids is 1. The van der Waals surface area contributed by atoms with E-state index in [4.69, 9.17) is 0 Å². The van der Waals surface area contributed by atoms with Crippen LogP contribution >= 0.6 is 0 Å². The van der Waals surface area contributed by atoms with Crippen molar-refractivity contribution in [1.82, 2.24) is 10.2 Å². The molecule has 1 rings (SSSR count). The Morgan fingerprint density at radius 3 is 2.56 bits per heavy atom. The van der Waals surface area contributed by atoms with Crippen LogP contribution in [0.1, 0.15) is 19.8 Å². The van der Waals surface area contributed by atoms with E-state index in [9.17, 15) is 13.2 Å². The van der Waals surface area contributed by atoms with E-state index in [1.807, 2.05) is 0 Å². The minimum Gasteiger partial charge on any atom is -0.340 e. The van der Waals surface area contributed by atoms with Crippen LogP contribution in [0.25, 0.3) is 0 Å². The van der Waals surface area contributed by atoms with Crippen LogP contribution in [0.5, 0.6) is 0 Å². The van der Waals surface area contributed by atoms with Crippen LogP contribution in [0.2, 0.25) is 0 Å². The third-order valence-electron chi connectivity index (χ3n) is 3.16. The van der Waals surface area contributed by atoms with Gasteiger partial charge in [0.05, 0.1) is 0 Å². The molecule has 1 fully saturated rings. The fraction of sp³-hybridized carbons (Fsp3) is 0.900. The molecule has 0 aromatic carbocycles. The molecule has 0 radical (unpaired) electrons. The molecule has 0 spiro atoms. The predicted octanol–water partition coefficient (Wildman–Crippen LogP) is -0.370. The van der Waals surface area contributed by atoms with Crippen molar-refractivity contribution in [3.63, 3.8) is 0 Å². The molecular weight excluding hydrogens is 228 g/mol. The van der Waals surface area contributed by atoms with Gasteiger partial charge in [0.25, 0.3) is 0 Å². The summed E-state index contributed by atoms with van der Waals surface area (Å²) in [4.78, 5) is 13.5. The Morgan fingerprint density at radius 1 is 1.50 bits per heavy atom. The molecule has 1 aliphatic rings. The second-order valence-electron chi connectivity index (χ2n) is 4.42. The van der Waals surface area contributed by atoms with E-state index in [2.05, 4.69) is 5.32 Å². The molecule has 0 aliphatic carbocycles. The number of amides is 1. The molecule has 0 aromatic heterocycles. The Balaban J connectivity index is 2.66. The molecule has 1 heterocycles. The van der Waals surface area contributed by atoms with Gasteiger partial charge in [-0.1, -0.05) is 0 Å². The van der Waals surface area contributed by atoms with Crippen LogP contribution in [0.4, 0.5) is 0 Å². The van der Waals surface area contributed by atoms with E-state index in [1.54, 1.807) is 11.9 Å². The monoisotopic (exact) mass is 248 g/mol. The summed E-state index contributed by atoms with van der Waals surface area (Å²) < 4.78 is 22.6. The Kier molecular flexibility index (Phi) is 4.32. The Labute approximate surface area is 97.1 Å². The zero-order valence-corrected chi connectivity index (χ0v) is 10.9. The maximum absolute atomic E-state index is 11.9. The number of rotatable bonds is 3. The van der Waals surface area contributed by atoms with Crippen molar-refractivity contribution in [2.24, 2.45) is 0 Å². The lowest BCUT2D eigenvalue weighted by molar-refractivity contribution is -0.131. The highest BCUT2D eigenvalue weighted by atomic mass is 32.2. The summed E-state index contributed by atoms with van der Waals surface area (Å²) in [5.41, 5.74) is 0. The fourth-order valence-electron chi connectivity index (χ4n) is 1.81. The average molecular weight is 248 g/mol. The Hall–Kier alpha value is -0.620. The van der Waals surface area contributed by atoms with Crippen LogP contribution in [0.15, 0.2) is 0 Å².